The molecule has 0 fully saturated rings. The Kier molecular flexibility index (Phi) is 17.3. The normalized spacial score (nSPS) is 16.7. The van der Waals surface area contributed by atoms with Crippen molar-refractivity contribution in [2.24, 2.45) is 14.1 Å². The number of nitrogens with zero attached hydrogens (tertiary/aromatic N) is 2. The number of halogens is 12. The molecule has 0 amide bonds. The fourth-order valence-corrected chi connectivity index (χ4v) is 4.75. The Morgan fingerprint density at radius 1 is 0.339 bits per heavy atom. The molecule has 346 valence electrons. The van der Waals surface area contributed by atoms with Gasteiger partial charge >= 0.3 is 66.0 Å². The maximum atomic E-state index is 9.87. The van der Waals surface area contributed by atoms with Crippen molar-refractivity contribution in [1.29, 1.82) is 0 Å². The van der Waals surface area contributed by atoms with E-state index >= 15 is 0 Å². The summed E-state index contributed by atoms with van der Waals surface area (Å²) in [5, 5.41) is 0. The minimum Gasteiger partial charge on any atom is -0.489 e. The minimum absolute atomic E-state index is 0.515. The number of hydrogen-bond acceptors (Lipinski definition) is 6. The summed E-state index contributed by atoms with van der Waals surface area (Å²) in [6.45, 7) is 5.37. The Hall–Kier alpha value is -4.58. The van der Waals surface area contributed by atoms with Gasteiger partial charge in [0, 0.05) is 24.3 Å². The third-order valence-electron chi connectivity index (χ3n) is 7.62. The van der Waals surface area contributed by atoms with Crippen molar-refractivity contribution in [3.8, 4) is 22.6 Å². The third-order valence-corrected chi connectivity index (χ3v) is 7.62. The zero-order chi connectivity index (χ0) is 46.0. The number of pyridine rings is 2. The van der Waals surface area contributed by atoms with Crippen LogP contribution in [0.25, 0.3) is 11.1 Å². The van der Waals surface area contributed by atoms with E-state index in [1.807, 2.05) is 71.8 Å². The van der Waals surface area contributed by atoms with Crippen LogP contribution in [0.2, 0.25) is 0 Å². The Morgan fingerprint density at radius 3 is 0.839 bits per heavy atom. The number of aryl methyl sites for hydroxylation is 2. The van der Waals surface area contributed by atoms with Crippen LogP contribution in [0.3, 0.4) is 0 Å². The molecule has 0 saturated carbocycles. The molecule has 0 unspecified atom stereocenters. The SMILES string of the molecule is C[n+]1ccc(-c2cc[n+](C)cc2)cc1.F[P-](F)(F)(F)(F)F.F[P-](F)(F)(F)(F)F.c1cc2ccc1COCCOCCOCCOCc1ccc(cc1)OCc1ccc(cc1)CO2. The molecule has 5 aliphatic rings. The Bertz CT molecular complexity index is 1910. The summed E-state index contributed by atoms with van der Waals surface area (Å²) < 4.78 is 157. The van der Waals surface area contributed by atoms with Crippen LogP contribution in [-0.4, -0.2) is 39.6 Å². The first kappa shape index (κ1) is 51.8. The quantitative estimate of drug-likeness (QED) is 0.0948. The van der Waals surface area contributed by atoms with Gasteiger partial charge in [-0.2, -0.15) is 0 Å². The van der Waals surface area contributed by atoms with E-state index in [9.17, 15) is 50.4 Å². The first-order chi connectivity index (χ1) is 28.5. The summed E-state index contributed by atoms with van der Waals surface area (Å²) in [5.41, 5.74) is 6.93. The molecular weight excluding hydrogens is 894 g/mol. The van der Waals surface area contributed by atoms with E-state index in [1.54, 1.807) is 0 Å². The van der Waals surface area contributed by atoms with E-state index in [0.29, 0.717) is 66.1 Å². The maximum Gasteiger partial charge on any atom is 0.119 e. The molecule has 0 spiro atoms. The minimum atomic E-state index is -10.7. The molecule has 62 heavy (non-hydrogen) atoms. The van der Waals surface area contributed by atoms with Crippen LogP contribution >= 0.6 is 15.6 Å². The van der Waals surface area contributed by atoms with Crippen molar-refractivity contribution in [3.05, 3.63) is 144 Å². The van der Waals surface area contributed by atoms with E-state index in [4.69, 9.17) is 28.4 Å². The maximum absolute atomic E-state index is 10.7. The number of aromatic nitrogens is 2. The molecule has 22 heteroatoms. The van der Waals surface area contributed by atoms with Gasteiger partial charge in [-0.1, -0.05) is 48.5 Å². The molecule has 8 nitrogen and oxygen atoms in total. The Morgan fingerprint density at radius 2 is 0.565 bits per heavy atom. The van der Waals surface area contributed by atoms with Crippen molar-refractivity contribution in [3.63, 3.8) is 0 Å². The van der Waals surface area contributed by atoms with Gasteiger partial charge in [0.15, 0.2) is 24.8 Å². The molecule has 0 saturated heterocycles. The molecule has 10 rings (SSSR count). The van der Waals surface area contributed by atoms with Crippen LogP contribution in [-0.2, 0) is 59.5 Å². The van der Waals surface area contributed by atoms with Gasteiger partial charge < -0.3 is 28.4 Å². The number of benzene rings is 3. The van der Waals surface area contributed by atoms with Crippen LogP contribution in [0.5, 0.6) is 11.5 Å². The zero-order valence-corrected chi connectivity index (χ0v) is 35.2. The van der Waals surface area contributed by atoms with Crippen molar-refractivity contribution in [2.45, 2.75) is 26.4 Å². The fraction of sp³-hybridized carbons (Fsp3) is 0.300. The van der Waals surface area contributed by atoms with Gasteiger partial charge in [0.1, 0.15) is 38.8 Å². The second-order valence-electron chi connectivity index (χ2n) is 13.4. The van der Waals surface area contributed by atoms with Crippen molar-refractivity contribution in [2.75, 3.05) is 39.6 Å². The third kappa shape index (κ3) is 29.6. The number of ether oxygens (including phenoxy) is 6. The molecule has 2 aromatic heterocycles. The van der Waals surface area contributed by atoms with Crippen LogP contribution in [0, 0.1) is 0 Å². The molecule has 7 heterocycles. The first-order valence-corrected chi connectivity index (χ1v) is 22.4. The predicted octanol–water partition coefficient (Wildman–Crippen LogP) is 12.7. The molecule has 5 aromatic rings. The molecule has 0 atom stereocenters. The average molecular weight is 941 g/mol. The number of hydrogen-bond donors (Lipinski definition) is 0. The van der Waals surface area contributed by atoms with Gasteiger partial charge in [-0.05, 0) is 57.6 Å². The molecule has 0 radical (unpaired) electrons. The number of rotatable bonds is 1. The zero-order valence-electron chi connectivity index (χ0n) is 33.4. The second kappa shape index (κ2) is 20.7. The average Bonchev–Trinajstić information content (AvgIpc) is 3.16. The topological polar surface area (TPSA) is 63.1 Å². The summed E-state index contributed by atoms with van der Waals surface area (Å²) in [6, 6.07) is 32.7. The van der Waals surface area contributed by atoms with E-state index in [1.165, 1.54) is 11.1 Å². The van der Waals surface area contributed by atoms with E-state index < -0.39 is 15.6 Å². The summed E-state index contributed by atoms with van der Waals surface area (Å²) in [5.74, 6) is 1.67. The molecule has 0 aliphatic carbocycles. The molecule has 0 N–H and O–H groups in total. The van der Waals surface area contributed by atoms with Crippen LogP contribution in [0.4, 0.5) is 50.4 Å². The van der Waals surface area contributed by atoms with Crippen LogP contribution < -0.4 is 18.6 Å². The fourth-order valence-electron chi connectivity index (χ4n) is 4.75. The van der Waals surface area contributed by atoms with Gasteiger partial charge in [-0.3, -0.25) is 0 Å². The van der Waals surface area contributed by atoms with Crippen molar-refractivity contribution < 1.29 is 87.9 Å². The Labute approximate surface area is 350 Å². The van der Waals surface area contributed by atoms with E-state index in [-0.39, 0.29) is 0 Å². The van der Waals surface area contributed by atoms with Crippen LogP contribution in [0.1, 0.15) is 22.3 Å². The van der Waals surface area contributed by atoms with Gasteiger partial charge in [-0.25, -0.2) is 9.13 Å². The summed E-state index contributed by atoms with van der Waals surface area (Å²) in [7, 11) is -17.3. The Balaban J connectivity index is 0.000000296. The van der Waals surface area contributed by atoms with Gasteiger partial charge in [0.2, 0.25) is 0 Å². The smallest absolute Gasteiger partial charge is 0.119 e. The van der Waals surface area contributed by atoms with Gasteiger partial charge in [0.05, 0.1) is 52.9 Å². The summed E-state index contributed by atoms with van der Waals surface area (Å²) in [4.78, 5) is 0. The first-order valence-electron chi connectivity index (χ1n) is 18.4. The molecular formula is C40H46F12N2O6P2. The largest absolute Gasteiger partial charge is 0.489 e. The second-order valence-corrected chi connectivity index (χ2v) is 17.3. The monoisotopic (exact) mass is 940 g/mol. The molecule has 3 aromatic carbocycles. The van der Waals surface area contributed by atoms with Gasteiger partial charge in [-0.15, -0.1) is 0 Å². The van der Waals surface area contributed by atoms with Crippen molar-refractivity contribution in [1.82, 2.24) is 0 Å². The molecule has 6 bridgehead atoms. The van der Waals surface area contributed by atoms with Gasteiger partial charge in [0.25, 0.3) is 0 Å². The summed E-state index contributed by atoms with van der Waals surface area (Å²) in [6.07, 6.45) is 8.23. The molecule has 5 aliphatic heterocycles. The van der Waals surface area contributed by atoms with E-state index in [0.717, 1.165) is 33.8 Å². The van der Waals surface area contributed by atoms with E-state index in [2.05, 4.69) is 73.3 Å². The number of fused-ring (bicyclic) bond motifs is 1. The standard InChI is InChI=1S/C28H32O6.C12H14N2.2F6P/c1-2-26-4-3-25(1)21-33-27-9-5-23(6-10-27)19-31-17-15-29-13-14-30-16-18-32-20-24-7-11-28(12-8-24)34-22-26;1-13-7-3-11(4-8-13)12-5-9-14(2)10-6-12;2*1-7(2,3,4,5)6/h1-12H,13-22H2;3-10H,1-2H3;;/q;+2;2*-1. The summed E-state index contributed by atoms with van der Waals surface area (Å²) >= 11 is 0. The van der Waals surface area contributed by atoms with Crippen LogP contribution in [0.15, 0.2) is 122 Å². The van der Waals surface area contributed by atoms with Crippen molar-refractivity contribution >= 4 is 15.6 Å². The predicted molar refractivity (Wildman–Crippen MR) is 210 cm³/mol.